The van der Waals surface area contributed by atoms with Crippen molar-refractivity contribution in [2.45, 2.75) is 24.9 Å². The molecule has 0 aliphatic carbocycles. The Morgan fingerprint density at radius 1 is 1.04 bits per heavy atom. The number of pyridine rings is 1. The summed E-state index contributed by atoms with van der Waals surface area (Å²) in [6.07, 6.45) is 1.88. The predicted octanol–water partition coefficient (Wildman–Crippen LogP) is 3.78. The Bertz CT molecular complexity index is 905. The topological polar surface area (TPSA) is 54.2 Å². The van der Waals surface area contributed by atoms with Gasteiger partial charge >= 0.3 is 0 Å². The van der Waals surface area contributed by atoms with Crippen LogP contribution in [-0.2, 0) is 6.54 Å². The minimum atomic E-state index is -0.270. The van der Waals surface area contributed by atoms with E-state index < -0.39 is 0 Å². The average molecular weight is 364 g/mol. The Kier molecular flexibility index (Phi) is 5.05. The van der Waals surface area contributed by atoms with E-state index in [0.29, 0.717) is 12.1 Å². The summed E-state index contributed by atoms with van der Waals surface area (Å²) >= 11 is 0. The molecule has 140 valence electrons. The number of hydrogen-bond acceptors (Lipinski definition) is 4. The molecule has 0 amide bonds. The van der Waals surface area contributed by atoms with Gasteiger partial charge in [-0.15, -0.1) is 0 Å². The van der Waals surface area contributed by atoms with E-state index in [-0.39, 0.29) is 11.4 Å². The molecule has 0 unspecified atom stereocenters. The molecule has 5 heteroatoms. The first-order valence-electron chi connectivity index (χ1n) is 9.45. The first kappa shape index (κ1) is 17.9. The maximum atomic E-state index is 13.4. The van der Waals surface area contributed by atoms with Crippen LogP contribution in [0.1, 0.15) is 18.4 Å². The van der Waals surface area contributed by atoms with Crippen molar-refractivity contribution in [2.24, 2.45) is 5.73 Å². The van der Waals surface area contributed by atoms with Gasteiger partial charge in [0.1, 0.15) is 11.6 Å². The van der Waals surface area contributed by atoms with Crippen molar-refractivity contribution in [3.8, 4) is 0 Å². The van der Waals surface area contributed by atoms with Gasteiger partial charge in [-0.25, -0.2) is 9.37 Å². The Morgan fingerprint density at radius 2 is 1.78 bits per heavy atom. The maximum absolute atomic E-state index is 13.4. The molecule has 0 saturated carbocycles. The highest BCUT2D eigenvalue weighted by Crippen LogP contribution is 2.23. The van der Waals surface area contributed by atoms with Crippen LogP contribution >= 0.6 is 0 Å². The maximum Gasteiger partial charge on any atom is 0.126 e. The van der Waals surface area contributed by atoms with Crippen LogP contribution in [0.4, 0.5) is 10.2 Å². The highest BCUT2D eigenvalue weighted by atomic mass is 19.1. The van der Waals surface area contributed by atoms with Crippen LogP contribution in [0.15, 0.2) is 60.7 Å². The lowest BCUT2D eigenvalue weighted by atomic mass is 9.88. The van der Waals surface area contributed by atoms with Crippen LogP contribution in [0.3, 0.4) is 0 Å². The number of nitrogens with two attached hydrogens (primary N) is 1. The molecule has 0 spiro atoms. The Balaban J connectivity index is 1.33. The minimum Gasteiger partial charge on any atom is -0.368 e. The van der Waals surface area contributed by atoms with Crippen LogP contribution < -0.4 is 11.1 Å². The van der Waals surface area contributed by atoms with Crippen LogP contribution in [0, 0.1) is 5.82 Å². The number of nitrogens with one attached hydrogen (secondary N) is 1. The zero-order valence-electron chi connectivity index (χ0n) is 15.4. The lowest BCUT2D eigenvalue weighted by molar-refractivity contribution is 0.161. The average Bonchev–Trinajstić information content (AvgIpc) is 2.69. The van der Waals surface area contributed by atoms with Gasteiger partial charge in [0.2, 0.25) is 0 Å². The van der Waals surface area contributed by atoms with Crippen molar-refractivity contribution in [1.82, 2.24) is 9.88 Å². The molecule has 3 aromatic rings. The molecule has 1 aliphatic heterocycles. The van der Waals surface area contributed by atoms with Crippen molar-refractivity contribution in [1.29, 1.82) is 0 Å². The zero-order valence-corrected chi connectivity index (χ0v) is 15.4. The number of rotatable bonds is 5. The van der Waals surface area contributed by atoms with Crippen molar-refractivity contribution in [3.63, 3.8) is 0 Å². The third kappa shape index (κ3) is 4.43. The van der Waals surface area contributed by atoms with E-state index in [9.17, 15) is 4.39 Å². The van der Waals surface area contributed by atoms with Gasteiger partial charge < -0.3 is 11.1 Å². The zero-order chi connectivity index (χ0) is 18.7. The molecule has 4 rings (SSSR count). The summed E-state index contributed by atoms with van der Waals surface area (Å²) in [4.78, 5) is 6.96. The second-order valence-electron chi connectivity index (χ2n) is 7.51. The molecule has 4 nitrogen and oxygen atoms in total. The summed E-state index contributed by atoms with van der Waals surface area (Å²) in [7, 11) is 0. The molecule has 0 bridgehead atoms. The highest BCUT2D eigenvalue weighted by molar-refractivity contribution is 5.80. The number of likely N-dealkylation sites (tertiary alicyclic amines) is 1. The normalized spacial score (nSPS) is 17.1. The summed E-state index contributed by atoms with van der Waals surface area (Å²) in [5.74, 6) is 0.470. The van der Waals surface area contributed by atoms with Gasteiger partial charge in [0.25, 0.3) is 0 Å². The van der Waals surface area contributed by atoms with Crippen molar-refractivity contribution in [3.05, 3.63) is 72.0 Å². The summed E-state index contributed by atoms with van der Waals surface area (Å²) in [5.41, 5.74) is 8.37. The minimum absolute atomic E-state index is 0.244. The third-order valence-electron chi connectivity index (χ3n) is 5.38. The molecule has 0 radical (unpaired) electrons. The van der Waals surface area contributed by atoms with Gasteiger partial charge in [-0.3, -0.25) is 4.90 Å². The number of aromatic nitrogens is 1. The fraction of sp³-hybridized carbons (Fsp3) is 0.318. The van der Waals surface area contributed by atoms with E-state index in [1.165, 1.54) is 17.7 Å². The number of halogens is 1. The Morgan fingerprint density at radius 3 is 2.56 bits per heavy atom. The lowest BCUT2D eigenvalue weighted by Gasteiger charge is -2.39. The van der Waals surface area contributed by atoms with E-state index in [1.54, 1.807) is 6.07 Å². The Hall–Kier alpha value is -2.50. The second kappa shape index (κ2) is 7.62. The second-order valence-corrected chi connectivity index (χ2v) is 7.51. The SMILES string of the molecule is NC1(CNc2ccc3ccc(F)cc3n2)CCN(Cc2ccccc2)CC1. The van der Waals surface area contributed by atoms with Gasteiger partial charge in [-0.1, -0.05) is 30.3 Å². The van der Waals surface area contributed by atoms with Crippen LogP contribution in [0.5, 0.6) is 0 Å². The number of benzene rings is 2. The fourth-order valence-corrected chi connectivity index (χ4v) is 3.63. The number of anilines is 1. The number of piperidine rings is 1. The molecular weight excluding hydrogens is 339 g/mol. The van der Waals surface area contributed by atoms with Gasteiger partial charge in [-0.2, -0.15) is 0 Å². The first-order chi connectivity index (χ1) is 13.1. The lowest BCUT2D eigenvalue weighted by Crippen LogP contribution is -2.54. The molecule has 3 N–H and O–H groups in total. The summed E-state index contributed by atoms with van der Waals surface area (Å²) in [5, 5.41) is 4.28. The summed E-state index contributed by atoms with van der Waals surface area (Å²) in [6.45, 7) is 3.62. The molecule has 0 atom stereocenters. The quantitative estimate of drug-likeness (QED) is 0.723. The number of nitrogens with zero attached hydrogens (tertiary/aromatic N) is 2. The summed E-state index contributed by atoms with van der Waals surface area (Å²) < 4.78 is 13.4. The van der Waals surface area contributed by atoms with E-state index in [2.05, 4.69) is 39.5 Å². The van der Waals surface area contributed by atoms with E-state index in [1.807, 2.05) is 18.2 Å². The number of hydrogen-bond donors (Lipinski definition) is 2. The predicted molar refractivity (Wildman–Crippen MR) is 108 cm³/mol. The molecule has 27 heavy (non-hydrogen) atoms. The number of fused-ring (bicyclic) bond motifs is 1. The van der Waals surface area contributed by atoms with Gasteiger partial charge in [-0.05, 0) is 42.7 Å². The van der Waals surface area contributed by atoms with Gasteiger partial charge in [0.05, 0.1) is 5.52 Å². The van der Waals surface area contributed by atoms with E-state index in [0.717, 1.165) is 43.7 Å². The molecule has 1 saturated heterocycles. The molecule has 2 heterocycles. The van der Waals surface area contributed by atoms with Crippen LogP contribution in [0.25, 0.3) is 10.9 Å². The molecule has 2 aromatic carbocycles. The van der Waals surface area contributed by atoms with Gasteiger partial charge in [0, 0.05) is 43.2 Å². The van der Waals surface area contributed by atoms with Crippen LogP contribution in [0.2, 0.25) is 0 Å². The molecule has 1 aromatic heterocycles. The van der Waals surface area contributed by atoms with Crippen molar-refractivity contribution >= 4 is 16.7 Å². The third-order valence-corrected chi connectivity index (χ3v) is 5.38. The summed E-state index contributed by atoms with van der Waals surface area (Å²) in [6, 6.07) is 19.1. The first-order valence-corrected chi connectivity index (χ1v) is 9.45. The van der Waals surface area contributed by atoms with Gasteiger partial charge in [0.15, 0.2) is 0 Å². The molecule has 1 aliphatic rings. The Labute approximate surface area is 159 Å². The monoisotopic (exact) mass is 364 g/mol. The smallest absolute Gasteiger partial charge is 0.126 e. The molecular formula is C22H25FN4. The molecule has 1 fully saturated rings. The highest BCUT2D eigenvalue weighted by Gasteiger charge is 2.30. The van der Waals surface area contributed by atoms with E-state index in [4.69, 9.17) is 5.73 Å². The van der Waals surface area contributed by atoms with E-state index >= 15 is 0 Å². The fourth-order valence-electron chi connectivity index (χ4n) is 3.63. The van der Waals surface area contributed by atoms with Crippen LogP contribution in [-0.4, -0.2) is 35.1 Å². The van der Waals surface area contributed by atoms with Crippen molar-refractivity contribution in [2.75, 3.05) is 25.0 Å². The van der Waals surface area contributed by atoms with Crippen molar-refractivity contribution < 1.29 is 4.39 Å². The largest absolute Gasteiger partial charge is 0.368 e. The standard InChI is InChI=1S/C22H25FN4/c23-19-8-6-18-7-9-21(26-20(18)14-19)25-16-22(24)10-12-27(13-11-22)15-17-4-2-1-3-5-17/h1-9,14H,10-13,15-16,24H2,(H,25,26).